The van der Waals surface area contributed by atoms with Crippen LogP contribution in [0, 0.1) is 13.8 Å². The van der Waals surface area contributed by atoms with E-state index in [1.807, 2.05) is 32.0 Å². The van der Waals surface area contributed by atoms with Crippen molar-refractivity contribution in [3.05, 3.63) is 40.0 Å². The third-order valence-corrected chi connectivity index (χ3v) is 3.63. The highest BCUT2D eigenvalue weighted by Crippen LogP contribution is 2.37. The average molecular weight is 278 g/mol. The first-order chi connectivity index (χ1) is 9.08. The van der Waals surface area contributed by atoms with E-state index in [9.17, 15) is 0 Å². The van der Waals surface area contributed by atoms with Gasteiger partial charge in [0.2, 0.25) is 0 Å². The monoisotopic (exact) mass is 277 g/mol. The lowest BCUT2D eigenvalue weighted by atomic mass is 10.0. The Kier molecular flexibility index (Phi) is 4.02. The summed E-state index contributed by atoms with van der Waals surface area (Å²) >= 11 is 6.30. The highest BCUT2D eigenvalue weighted by atomic mass is 35.5. The van der Waals surface area contributed by atoms with Crippen molar-refractivity contribution in [1.82, 2.24) is 10.2 Å². The quantitative estimate of drug-likeness (QED) is 0.937. The van der Waals surface area contributed by atoms with Gasteiger partial charge in [-0.3, -0.25) is 0 Å². The van der Waals surface area contributed by atoms with E-state index in [-0.39, 0.29) is 0 Å². The zero-order chi connectivity index (χ0) is 14.0. The van der Waals surface area contributed by atoms with E-state index in [2.05, 4.69) is 10.2 Å². The number of nitrogens with zero attached hydrogens (tertiary/aromatic N) is 2. The molecule has 0 fully saturated rings. The number of aromatic nitrogens is 2. The van der Waals surface area contributed by atoms with Crippen molar-refractivity contribution in [2.24, 2.45) is 5.73 Å². The Morgan fingerprint density at radius 1 is 1.26 bits per heavy atom. The molecule has 0 spiro atoms. The number of halogens is 1. The second kappa shape index (κ2) is 5.55. The molecule has 0 saturated heterocycles. The molecule has 0 radical (unpaired) electrons. The Morgan fingerprint density at radius 3 is 2.53 bits per heavy atom. The smallest absolute Gasteiger partial charge is 0.128 e. The molecule has 0 atom stereocenters. The fourth-order valence-electron chi connectivity index (χ4n) is 2.00. The Hall–Kier alpha value is -1.65. The lowest BCUT2D eigenvalue weighted by molar-refractivity contribution is 0.415. The van der Waals surface area contributed by atoms with Gasteiger partial charge in [0, 0.05) is 17.1 Å². The zero-order valence-corrected chi connectivity index (χ0v) is 12.0. The summed E-state index contributed by atoms with van der Waals surface area (Å²) in [6, 6.07) is 5.64. The lowest BCUT2D eigenvalue weighted by Crippen LogP contribution is -2.02. The first-order valence-electron chi connectivity index (χ1n) is 5.95. The molecule has 2 rings (SSSR count). The number of methoxy groups -OCH3 is 1. The SMILES string of the molecule is COc1cc(C)c(Cl)c(C)c1-c1ccc(CN)nn1. The topological polar surface area (TPSA) is 61.0 Å². The first-order valence-corrected chi connectivity index (χ1v) is 6.33. The normalized spacial score (nSPS) is 10.6. The van der Waals surface area contributed by atoms with E-state index >= 15 is 0 Å². The number of aryl methyl sites for hydroxylation is 1. The lowest BCUT2D eigenvalue weighted by Gasteiger charge is -2.14. The Morgan fingerprint density at radius 2 is 2.00 bits per heavy atom. The van der Waals surface area contributed by atoms with Gasteiger partial charge in [-0.15, -0.1) is 0 Å². The van der Waals surface area contributed by atoms with Crippen molar-refractivity contribution in [2.75, 3.05) is 7.11 Å². The average Bonchev–Trinajstić information content (AvgIpc) is 2.44. The van der Waals surface area contributed by atoms with E-state index < -0.39 is 0 Å². The molecule has 0 aliphatic carbocycles. The summed E-state index contributed by atoms with van der Waals surface area (Å²) in [5.41, 5.74) is 9.78. The fourth-order valence-corrected chi connectivity index (χ4v) is 2.15. The molecule has 2 N–H and O–H groups in total. The molecule has 0 aliphatic heterocycles. The van der Waals surface area contributed by atoms with Gasteiger partial charge in [-0.25, -0.2) is 0 Å². The molecule has 0 unspecified atom stereocenters. The maximum absolute atomic E-state index is 6.30. The first kappa shape index (κ1) is 13.8. The Bertz CT molecular complexity index is 597. The Labute approximate surface area is 117 Å². The third-order valence-electron chi connectivity index (χ3n) is 3.05. The van der Waals surface area contributed by atoms with Crippen LogP contribution in [-0.2, 0) is 6.54 Å². The maximum atomic E-state index is 6.30. The molecule has 1 aromatic heterocycles. The van der Waals surface area contributed by atoms with Crippen LogP contribution in [0.25, 0.3) is 11.3 Å². The van der Waals surface area contributed by atoms with Gasteiger partial charge in [-0.1, -0.05) is 11.6 Å². The number of ether oxygens (including phenoxy) is 1. The molecular formula is C14H16ClN3O. The highest BCUT2D eigenvalue weighted by Gasteiger charge is 2.15. The van der Waals surface area contributed by atoms with Crippen LogP contribution in [0.15, 0.2) is 18.2 Å². The van der Waals surface area contributed by atoms with Crippen LogP contribution in [0.3, 0.4) is 0 Å². The van der Waals surface area contributed by atoms with Crippen molar-refractivity contribution >= 4 is 11.6 Å². The van der Waals surface area contributed by atoms with Gasteiger partial charge in [0.25, 0.3) is 0 Å². The number of hydrogen-bond donors (Lipinski definition) is 1. The van der Waals surface area contributed by atoms with E-state index in [1.165, 1.54) is 0 Å². The summed E-state index contributed by atoms with van der Waals surface area (Å²) in [5.74, 6) is 0.745. The third kappa shape index (κ3) is 2.55. The van der Waals surface area contributed by atoms with E-state index in [0.29, 0.717) is 6.54 Å². The minimum atomic E-state index is 0.373. The number of benzene rings is 1. The van der Waals surface area contributed by atoms with E-state index in [1.54, 1.807) is 7.11 Å². The van der Waals surface area contributed by atoms with Gasteiger partial charge in [0.05, 0.1) is 18.5 Å². The van der Waals surface area contributed by atoms with Crippen LogP contribution >= 0.6 is 11.6 Å². The summed E-state index contributed by atoms with van der Waals surface area (Å²) in [7, 11) is 1.63. The number of nitrogens with two attached hydrogens (primary N) is 1. The predicted octanol–water partition coefficient (Wildman–Crippen LogP) is 2.88. The summed E-state index contributed by atoms with van der Waals surface area (Å²) in [4.78, 5) is 0. The second-order valence-electron chi connectivity index (χ2n) is 4.32. The molecule has 19 heavy (non-hydrogen) atoms. The molecule has 1 aromatic carbocycles. The number of hydrogen-bond acceptors (Lipinski definition) is 4. The minimum absolute atomic E-state index is 0.373. The van der Waals surface area contributed by atoms with Crippen molar-refractivity contribution in [3.8, 4) is 17.0 Å². The molecule has 0 saturated carbocycles. The summed E-state index contributed by atoms with van der Waals surface area (Å²) < 4.78 is 5.42. The van der Waals surface area contributed by atoms with Crippen LogP contribution in [0.4, 0.5) is 0 Å². The molecule has 1 heterocycles. The molecular weight excluding hydrogens is 262 g/mol. The second-order valence-corrected chi connectivity index (χ2v) is 4.70. The Balaban J connectivity index is 2.62. The van der Waals surface area contributed by atoms with Crippen LogP contribution in [0.2, 0.25) is 5.02 Å². The maximum Gasteiger partial charge on any atom is 0.128 e. The molecule has 0 aliphatic rings. The fraction of sp³-hybridized carbons (Fsp3) is 0.286. The van der Waals surface area contributed by atoms with Crippen LogP contribution in [0.1, 0.15) is 16.8 Å². The van der Waals surface area contributed by atoms with Crippen molar-refractivity contribution < 1.29 is 4.74 Å². The van der Waals surface area contributed by atoms with Gasteiger partial charge in [0.15, 0.2) is 0 Å². The minimum Gasteiger partial charge on any atom is -0.496 e. The largest absolute Gasteiger partial charge is 0.496 e. The van der Waals surface area contributed by atoms with E-state index in [4.69, 9.17) is 22.1 Å². The zero-order valence-electron chi connectivity index (χ0n) is 11.2. The van der Waals surface area contributed by atoms with Crippen LogP contribution in [0.5, 0.6) is 5.75 Å². The standard InChI is InChI=1S/C14H16ClN3O/c1-8-6-12(19-3)13(9(2)14(8)15)11-5-4-10(7-16)17-18-11/h4-6H,7,16H2,1-3H3. The molecule has 2 aromatic rings. The van der Waals surface area contributed by atoms with Crippen molar-refractivity contribution in [1.29, 1.82) is 0 Å². The summed E-state index contributed by atoms with van der Waals surface area (Å²) in [6.45, 7) is 4.27. The molecule has 100 valence electrons. The van der Waals surface area contributed by atoms with Gasteiger partial charge in [0.1, 0.15) is 5.75 Å². The van der Waals surface area contributed by atoms with Crippen LogP contribution < -0.4 is 10.5 Å². The van der Waals surface area contributed by atoms with Gasteiger partial charge in [-0.05, 0) is 43.2 Å². The van der Waals surface area contributed by atoms with Gasteiger partial charge < -0.3 is 10.5 Å². The summed E-state index contributed by atoms with van der Waals surface area (Å²) in [5, 5.41) is 8.98. The number of rotatable bonds is 3. The highest BCUT2D eigenvalue weighted by molar-refractivity contribution is 6.32. The molecule has 5 heteroatoms. The summed E-state index contributed by atoms with van der Waals surface area (Å²) in [6.07, 6.45) is 0. The van der Waals surface area contributed by atoms with Crippen molar-refractivity contribution in [3.63, 3.8) is 0 Å². The van der Waals surface area contributed by atoms with Gasteiger partial charge >= 0.3 is 0 Å². The van der Waals surface area contributed by atoms with Gasteiger partial charge in [-0.2, -0.15) is 10.2 Å². The predicted molar refractivity (Wildman–Crippen MR) is 76.4 cm³/mol. The van der Waals surface area contributed by atoms with Crippen molar-refractivity contribution in [2.45, 2.75) is 20.4 Å². The van der Waals surface area contributed by atoms with E-state index in [0.717, 1.165) is 38.9 Å². The molecule has 4 nitrogen and oxygen atoms in total. The molecule has 0 bridgehead atoms. The molecule has 0 amide bonds. The van der Waals surface area contributed by atoms with Crippen LogP contribution in [-0.4, -0.2) is 17.3 Å².